The SMILES string of the molecule is COc1ccc(COC[C@]23CO[C@@H]([C@H](OC)O2)[C@H]3OCc2ccc(OC)cc2)cc1. The summed E-state index contributed by atoms with van der Waals surface area (Å²) in [5.74, 6) is 1.63. The maximum Gasteiger partial charge on any atom is 0.187 e. The van der Waals surface area contributed by atoms with Crippen LogP contribution in [-0.2, 0) is 36.9 Å². The van der Waals surface area contributed by atoms with Crippen molar-refractivity contribution in [3.8, 4) is 11.5 Å². The van der Waals surface area contributed by atoms with Crippen LogP contribution in [0.3, 0.4) is 0 Å². The Morgan fingerprint density at radius 2 is 1.47 bits per heavy atom. The Labute approximate surface area is 176 Å². The van der Waals surface area contributed by atoms with Crippen LogP contribution < -0.4 is 9.47 Å². The van der Waals surface area contributed by atoms with Crippen molar-refractivity contribution in [3.63, 3.8) is 0 Å². The lowest BCUT2D eigenvalue weighted by molar-refractivity contribution is -0.246. The van der Waals surface area contributed by atoms with Crippen molar-refractivity contribution >= 4 is 0 Å². The average Bonchev–Trinajstić information content (AvgIpc) is 3.30. The molecule has 7 nitrogen and oxygen atoms in total. The Morgan fingerprint density at radius 1 is 0.867 bits per heavy atom. The summed E-state index contributed by atoms with van der Waals surface area (Å²) < 4.78 is 40.2. The molecule has 30 heavy (non-hydrogen) atoms. The molecule has 0 radical (unpaired) electrons. The summed E-state index contributed by atoms with van der Waals surface area (Å²) in [5.41, 5.74) is 1.41. The minimum atomic E-state index is -0.690. The molecule has 0 N–H and O–H groups in total. The number of hydrogen-bond donors (Lipinski definition) is 0. The molecule has 2 aliphatic rings. The Kier molecular flexibility index (Phi) is 6.55. The maximum atomic E-state index is 6.25. The Bertz CT molecular complexity index is 807. The van der Waals surface area contributed by atoms with Gasteiger partial charge in [0.25, 0.3) is 0 Å². The van der Waals surface area contributed by atoms with Gasteiger partial charge in [-0.05, 0) is 35.4 Å². The molecule has 0 amide bonds. The molecule has 0 aromatic heterocycles. The maximum absolute atomic E-state index is 6.25. The summed E-state index contributed by atoms with van der Waals surface area (Å²) in [6.07, 6.45) is -1.03. The van der Waals surface area contributed by atoms with Gasteiger partial charge in [-0.3, -0.25) is 0 Å². The van der Waals surface area contributed by atoms with E-state index < -0.39 is 11.9 Å². The van der Waals surface area contributed by atoms with Crippen LogP contribution in [0.5, 0.6) is 11.5 Å². The lowest BCUT2D eigenvalue weighted by Crippen LogP contribution is -2.46. The number of hydrogen-bond acceptors (Lipinski definition) is 7. The Hall–Kier alpha value is -2.16. The summed E-state index contributed by atoms with van der Waals surface area (Å²) in [4.78, 5) is 0. The van der Waals surface area contributed by atoms with Crippen LogP contribution in [0, 0.1) is 0 Å². The first-order chi connectivity index (χ1) is 14.7. The topological polar surface area (TPSA) is 64.6 Å². The molecule has 2 bridgehead atoms. The minimum Gasteiger partial charge on any atom is -0.497 e. The van der Waals surface area contributed by atoms with Gasteiger partial charge in [0, 0.05) is 7.11 Å². The van der Waals surface area contributed by atoms with Crippen LogP contribution in [0.25, 0.3) is 0 Å². The van der Waals surface area contributed by atoms with Crippen LogP contribution in [0.1, 0.15) is 11.1 Å². The van der Waals surface area contributed by atoms with E-state index in [0.29, 0.717) is 26.4 Å². The van der Waals surface area contributed by atoms with E-state index in [0.717, 1.165) is 22.6 Å². The van der Waals surface area contributed by atoms with Gasteiger partial charge in [0.15, 0.2) is 6.29 Å². The first-order valence-electron chi connectivity index (χ1n) is 9.95. The summed E-state index contributed by atoms with van der Waals surface area (Å²) in [5, 5.41) is 0. The van der Waals surface area contributed by atoms with Crippen molar-refractivity contribution in [1.82, 2.24) is 0 Å². The second-order valence-electron chi connectivity index (χ2n) is 7.48. The second kappa shape index (κ2) is 9.32. The zero-order valence-electron chi connectivity index (χ0n) is 17.5. The van der Waals surface area contributed by atoms with Crippen LogP contribution >= 0.6 is 0 Å². The summed E-state index contributed by atoms with van der Waals surface area (Å²) >= 11 is 0. The van der Waals surface area contributed by atoms with Gasteiger partial charge >= 0.3 is 0 Å². The molecule has 2 fully saturated rings. The third-order valence-electron chi connectivity index (χ3n) is 5.55. The Balaban J connectivity index is 1.38. The highest BCUT2D eigenvalue weighted by atomic mass is 16.8. The third-order valence-corrected chi connectivity index (χ3v) is 5.55. The van der Waals surface area contributed by atoms with E-state index >= 15 is 0 Å². The van der Waals surface area contributed by atoms with Gasteiger partial charge in [-0.15, -0.1) is 0 Å². The first-order valence-corrected chi connectivity index (χ1v) is 9.95. The van der Waals surface area contributed by atoms with Crippen molar-refractivity contribution in [3.05, 3.63) is 59.7 Å². The molecule has 162 valence electrons. The predicted molar refractivity (Wildman–Crippen MR) is 109 cm³/mol. The van der Waals surface area contributed by atoms with E-state index in [1.807, 2.05) is 48.5 Å². The molecule has 2 aromatic rings. The van der Waals surface area contributed by atoms with E-state index in [9.17, 15) is 0 Å². The van der Waals surface area contributed by atoms with Gasteiger partial charge in [0.1, 0.15) is 29.3 Å². The summed E-state index contributed by atoms with van der Waals surface area (Å²) in [6, 6.07) is 15.6. The molecule has 2 aromatic carbocycles. The van der Waals surface area contributed by atoms with Gasteiger partial charge in [-0.2, -0.15) is 0 Å². The van der Waals surface area contributed by atoms with Crippen LogP contribution in [0.2, 0.25) is 0 Å². The molecule has 0 saturated carbocycles. The first kappa shape index (κ1) is 21.1. The van der Waals surface area contributed by atoms with Crippen LogP contribution in [0.4, 0.5) is 0 Å². The van der Waals surface area contributed by atoms with Gasteiger partial charge in [-0.1, -0.05) is 24.3 Å². The molecule has 2 saturated heterocycles. The number of methoxy groups -OCH3 is 3. The molecule has 7 heteroatoms. The van der Waals surface area contributed by atoms with Crippen molar-refractivity contribution in [2.24, 2.45) is 0 Å². The molecule has 2 aliphatic heterocycles. The second-order valence-corrected chi connectivity index (χ2v) is 7.48. The number of rotatable bonds is 10. The van der Waals surface area contributed by atoms with E-state index in [2.05, 4.69) is 0 Å². The highest BCUT2D eigenvalue weighted by Crippen LogP contribution is 2.43. The van der Waals surface area contributed by atoms with Crippen LogP contribution in [0.15, 0.2) is 48.5 Å². The fourth-order valence-electron chi connectivity index (χ4n) is 3.88. The van der Waals surface area contributed by atoms with Gasteiger partial charge < -0.3 is 33.2 Å². The van der Waals surface area contributed by atoms with Gasteiger partial charge in [-0.25, -0.2) is 0 Å². The van der Waals surface area contributed by atoms with E-state index in [-0.39, 0.29) is 12.2 Å². The monoisotopic (exact) mass is 416 g/mol. The summed E-state index contributed by atoms with van der Waals surface area (Å²) in [7, 11) is 4.91. The van der Waals surface area contributed by atoms with Crippen molar-refractivity contribution < 1.29 is 33.2 Å². The predicted octanol–water partition coefficient (Wildman–Crippen LogP) is 2.95. The molecule has 0 unspecified atom stereocenters. The number of benzene rings is 2. The van der Waals surface area contributed by atoms with Crippen LogP contribution in [-0.4, -0.2) is 58.6 Å². The highest BCUT2D eigenvalue weighted by Gasteiger charge is 2.63. The van der Waals surface area contributed by atoms with Gasteiger partial charge in [0.2, 0.25) is 0 Å². The fourth-order valence-corrected chi connectivity index (χ4v) is 3.88. The zero-order chi connectivity index (χ0) is 21.0. The molecule has 2 heterocycles. The Morgan fingerprint density at radius 3 is 2.03 bits per heavy atom. The molecule has 4 rings (SSSR count). The smallest absolute Gasteiger partial charge is 0.187 e. The zero-order valence-corrected chi connectivity index (χ0v) is 17.5. The fraction of sp³-hybridized carbons (Fsp3) is 0.478. The standard InChI is InChI=1S/C23H28O7/c1-24-18-8-4-16(5-9-18)12-27-14-23-15-29-20(22(26-3)30-23)21(23)28-13-17-6-10-19(25-2)11-7-17/h4-11,20-22H,12-15H2,1-3H3/t20-,21-,22-,23-/m1/s1. The van der Waals surface area contributed by atoms with Crippen molar-refractivity contribution in [2.45, 2.75) is 37.3 Å². The normalized spacial score (nSPS) is 27.4. The summed E-state index contributed by atoms with van der Waals surface area (Å²) in [6.45, 7) is 1.66. The highest BCUT2D eigenvalue weighted by molar-refractivity contribution is 5.27. The molecule has 4 atom stereocenters. The molecule has 0 spiro atoms. The minimum absolute atomic E-state index is 0.277. The van der Waals surface area contributed by atoms with Crippen molar-refractivity contribution in [1.29, 1.82) is 0 Å². The number of ether oxygens (including phenoxy) is 7. The third kappa shape index (κ3) is 4.31. The largest absolute Gasteiger partial charge is 0.497 e. The van der Waals surface area contributed by atoms with E-state index in [1.165, 1.54) is 0 Å². The lowest BCUT2D eigenvalue weighted by atomic mass is 10.00. The van der Waals surface area contributed by atoms with Gasteiger partial charge in [0.05, 0.1) is 40.6 Å². The lowest BCUT2D eigenvalue weighted by Gasteiger charge is -2.30. The quantitative estimate of drug-likeness (QED) is 0.590. The van der Waals surface area contributed by atoms with E-state index in [4.69, 9.17) is 33.2 Å². The number of fused-ring (bicyclic) bond motifs is 2. The molecule has 0 aliphatic carbocycles. The molecular formula is C23H28O7. The average molecular weight is 416 g/mol. The van der Waals surface area contributed by atoms with Crippen molar-refractivity contribution in [2.75, 3.05) is 34.5 Å². The van der Waals surface area contributed by atoms with E-state index in [1.54, 1.807) is 21.3 Å². The molecular weight excluding hydrogens is 388 g/mol.